The van der Waals surface area contributed by atoms with Crippen LogP contribution in [0.25, 0.3) is 0 Å². The molecule has 224 valence electrons. The second kappa shape index (κ2) is 13.3. The summed E-state index contributed by atoms with van der Waals surface area (Å²) in [7, 11) is -0.789. The summed E-state index contributed by atoms with van der Waals surface area (Å²) in [5.41, 5.74) is 3.06. The smallest absolute Gasteiger partial charge is 0.326 e. The highest BCUT2D eigenvalue weighted by molar-refractivity contribution is 7.89. The molecule has 4 rings (SSSR count). The fourth-order valence-corrected chi connectivity index (χ4v) is 6.34. The number of aromatic nitrogens is 1. The molecule has 1 unspecified atom stereocenters. The summed E-state index contributed by atoms with van der Waals surface area (Å²) in [4.78, 5) is 32.0. The number of amides is 1. The number of carboxylic acid groups (broad SMARTS) is 1. The molecule has 10 nitrogen and oxygen atoms in total. The minimum Gasteiger partial charge on any atom is -0.480 e. The van der Waals surface area contributed by atoms with Gasteiger partial charge in [0.05, 0.1) is 4.90 Å². The molecule has 1 aliphatic rings. The van der Waals surface area contributed by atoms with Crippen molar-refractivity contribution in [1.29, 1.82) is 0 Å². The molecule has 3 aromatic rings. The standard InChI is InChI=1S/C31H39N5O5S/c1-21-17-26(42(40,41)35(3)4)18-22(2)29(21)30(37)34-27(31(38)39)19-23-8-10-25(11-9-23)36-15-12-24(13-16-36)20-33-28-7-5-6-14-32-28/h5-11,14,17-18,24,27H,12-13,15-16,19-20H2,1-4H3,(H,32,33)(H,34,37)(H,38,39). The molecule has 1 saturated heterocycles. The normalized spacial score (nSPS) is 14.9. The Balaban J connectivity index is 1.35. The van der Waals surface area contributed by atoms with Crippen LogP contribution in [0.4, 0.5) is 11.5 Å². The lowest BCUT2D eigenvalue weighted by Gasteiger charge is -2.34. The van der Waals surface area contributed by atoms with Gasteiger partial charge in [0.25, 0.3) is 5.91 Å². The monoisotopic (exact) mass is 593 g/mol. The average molecular weight is 594 g/mol. The number of anilines is 2. The number of aryl methyl sites for hydroxylation is 2. The van der Waals surface area contributed by atoms with Crippen LogP contribution in [-0.4, -0.2) is 74.5 Å². The molecule has 3 N–H and O–H groups in total. The molecule has 2 aromatic carbocycles. The SMILES string of the molecule is Cc1cc(S(=O)(=O)N(C)C)cc(C)c1C(=O)NC(Cc1ccc(N2CCC(CNc3ccccn3)CC2)cc1)C(=O)O. The number of aliphatic carboxylic acids is 1. The van der Waals surface area contributed by atoms with E-state index < -0.39 is 27.9 Å². The Labute approximate surface area is 247 Å². The first-order valence-corrected chi connectivity index (χ1v) is 15.5. The van der Waals surface area contributed by atoms with E-state index in [9.17, 15) is 23.1 Å². The maximum atomic E-state index is 13.2. The number of carbonyl (C=O) groups excluding carboxylic acids is 1. The summed E-state index contributed by atoms with van der Waals surface area (Å²) in [6.07, 6.45) is 4.03. The number of hydrogen-bond acceptors (Lipinski definition) is 7. The van der Waals surface area contributed by atoms with Gasteiger partial charge in [-0.25, -0.2) is 22.5 Å². The number of piperidine rings is 1. The predicted molar refractivity (Wildman–Crippen MR) is 163 cm³/mol. The van der Waals surface area contributed by atoms with Crippen molar-refractivity contribution in [2.75, 3.05) is 43.9 Å². The van der Waals surface area contributed by atoms with Crippen molar-refractivity contribution >= 4 is 33.4 Å². The van der Waals surface area contributed by atoms with Gasteiger partial charge in [-0.3, -0.25) is 4.79 Å². The second-order valence-corrected chi connectivity index (χ2v) is 13.1. The molecular formula is C31H39N5O5S. The Bertz CT molecular complexity index is 1480. The molecule has 0 aliphatic carbocycles. The van der Waals surface area contributed by atoms with Crippen LogP contribution in [0.2, 0.25) is 0 Å². The Morgan fingerprint density at radius 1 is 1.05 bits per heavy atom. The van der Waals surface area contributed by atoms with Crippen molar-refractivity contribution in [1.82, 2.24) is 14.6 Å². The van der Waals surface area contributed by atoms with Gasteiger partial charge >= 0.3 is 5.97 Å². The van der Waals surface area contributed by atoms with Crippen LogP contribution in [0.5, 0.6) is 0 Å². The van der Waals surface area contributed by atoms with Gasteiger partial charge in [0, 0.05) is 57.6 Å². The number of nitrogens with one attached hydrogen (secondary N) is 2. The lowest BCUT2D eigenvalue weighted by Crippen LogP contribution is -2.42. The lowest BCUT2D eigenvalue weighted by atomic mass is 9.96. The summed E-state index contributed by atoms with van der Waals surface area (Å²) in [6.45, 7) is 6.06. The Hall–Kier alpha value is -3.96. The third kappa shape index (κ3) is 7.46. The van der Waals surface area contributed by atoms with Crippen LogP contribution in [0.3, 0.4) is 0 Å². The predicted octanol–water partition coefficient (Wildman–Crippen LogP) is 3.70. The highest BCUT2D eigenvalue weighted by Crippen LogP contribution is 2.25. The zero-order valence-electron chi connectivity index (χ0n) is 24.5. The highest BCUT2D eigenvalue weighted by atomic mass is 32.2. The number of nitrogens with zero attached hydrogens (tertiary/aromatic N) is 3. The van der Waals surface area contributed by atoms with Crippen LogP contribution in [-0.2, 0) is 21.2 Å². The molecule has 0 radical (unpaired) electrons. The van der Waals surface area contributed by atoms with Crippen LogP contribution in [0.1, 0.15) is 39.9 Å². The molecule has 42 heavy (non-hydrogen) atoms. The third-order valence-corrected chi connectivity index (χ3v) is 9.50. The number of sulfonamides is 1. The Morgan fingerprint density at radius 3 is 2.24 bits per heavy atom. The Morgan fingerprint density at radius 2 is 1.69 bits per heavy atom. The number of carboxylic acids is 1. The van der Waals surface area contributed by atoms with Crippen molar-refractivity contribution in [2.24, 2.45) is 5.92 Å². The van der Waals surface area contributed by atoms with E-state index in [1.165, 1.54) is 26.2 Å². The van der Waals surface area contributed by atoms with Gasteiger partial charge in [0.1, 0.15) is 11.9 Å². The number of pyridine rings is 1. The molecule has 1 aliphatic heterocycles. The molecule has 11 heteroatoms. The third-order valence-electron chi connectivity index (χ3n) is 7.71. The van der Waals surface area contributed by atoms with Crippen LogP contribution >= 0.6 is 0 Å². The van der Waals surface area contributed by atoms with Gasteiger partial charge in [0.2, 0.25) is 10.0 Å². The van der Waals surface area contributed by atoms with E-state index in [4.69, 9.17) is 0 Å². The number of hydrogen-bond donors (Lipinski definition) is 3. The summed E-state index contributed by atoms with van der Waals surface area (Å²) < 4.78 is 26.2. The topological polar surface area (TPSA) is 132 Å². The summed E-state index contributed by atoms with van der Waals surface area (Å²) in [5.74, 6) is -0.229. The molecule has 0 saturated carbocycles. The largest absolute Gasteiger partial charge is 0.480 e. The summed E-state index contributed by atoms with van der Waals surface area (Å²) >= 11 is 0. The zero-order valence-corrected chi connectivity index (χ0v) is 25.3. The van der Waals surface area contributed by atoms with Crippen molar-refractivity contribution < 1.29 is 23.1 Å². The van der Waals surface area contributed by atoms with Crippen LogP contribution in [0.15, 0.2) is 65.7 Å². The highest BCUT2D eigenvalue weighted by Gasteiger charge is 2.26. The second-order valence-electron chi connectivity index (χ2n) is 11.0. The van der Waals surface area contributed by atoms with E-state index in [0.29, 0.717) is 17.0 Å². The van der Waals surface area contributed by atoms with Crippen molar-refractivity contribution in [3.8, 4) is 0 Å². The fourth-order valence-electron chi connectivity index (χ4n) is 5.26. The summed E-state index contributed by atoms with van der Waals surface area (Å²) in [5, 5.41) is 15.9. The first kappa shape index (κ1) is 31.0. The molecule has 1 amide bonds. The molecule has 0 spiro atoms. The minimum atomic E-state index is -3.67. The van der Waals surface area contributed by atoms with E-state index in [0.717, 1.165) is 53.8 Å². The quantitative estimate of drug-likeness (QED) is 0.307. The summed E-state index contributed by atoms with van der Waals surface area (Å²) in [6, 6.07) is 15.4. The number of benzene rings is 2. The van der Waals surface area contributed by atoms with Crippen LogP contribution in [0, 0.1) is 19.8 Å². The zero-order chi connectivity index (χ0) is 30.4. The van der Waals surface area contributed by atoms with Gasteiger partial charge in [-0.1, -0.05) is 18.2 Å². The van der Waals surface area contributed by atoms with Gasteiger partial charge in [-0.2, -0.15) is 0 Å². The molecule has 0 bridgehead atoms. The van der Waals surface area contributed by atoms with E-state index in [1.54, 1.807) is 20.0 Å². The number of carbonyl (C=O) groups is 2. The average Bonchev–Trinajstić information content (AvgIpc) is 2.96. The molecule has 2 heterocycles. The van der Waals surface area contributed by atoms with Crippen LogP contribution < -0.4 is 15.5 Å². The van der Waals surface area contributed by atoms with Crippen molar-refractivity contribution in [2.45, 2.75) is 44.0 Å². The minimum absolute atomic E-state index is 0.0827. The Kier molecular flexibility index (Phi) is 9.85. The van der Waals surface area contributed by atoms with Gasteiger partial charge in [0.15, 0.2) is 0 Å². The van der Waals surface area contributed by atoms with Gasteiger partial charge in [-0.05, 0) is 85.7 Å². The maximum absolute atomic E-state index is 13.2. The first-order valence-electron chi connectivity index (χ1n) is 14.0. The van der Waals surface area contributed by atoms with E-state index in [2.05, 4.69) is 20.5 Å². The number of rotatable bonds is 11. The van der Waals surface area contributed by atoms with Crippen molar-refractivity contribution in [3.05, 3.63) is 83.0 Å². The molecule has 1 atom stereocenters. The lowest BCUT2D eigenvalue weighted by molar-refractivity contribution is -0.139. The molecule has 1 aromatic heterocycles. The molecular weight excluding hydrogens is 554 g/mol. The van der Waals surface area contributed by atoms with E-state index in [1.807, 2.05) is 42.5 Å². The first-order chi connectivity index (χ1) is 20.0. The fraction of sp³-hybridized carbons (Fsp3) is 0.387. The van der Waals surface area contributed by atoms with Gasteiger partial charge < -0.3 is 20.6 Å². The van der Waals surface area contributed by atoms with E-state index in [-0.39, 0.29) is 16.9 Å². The molecule has 1 fully saturated rings. The maximum Gasteiger partial charge on any atom is 0.326 e. The van der Waals surface area contributed by atoms with Gasteiger partial charge in [-0.15, -0.1) is 0 Å². The van der Waals surface area contributed by atoms with E-state index >= 15 is 0 Å². The van der Waals surface area contributed by atoms with Crippen molar-refractivity contribution in [3.63, 3.8) is 0 Å².